The molecule has 0 aliphatic heterocycles. The Labute approximate surface area is 139 Å². The molecule has 0 saturated carbocycles. The Morgan fingerprint density at radius 2 is 2.08 bits per heavy atom. The minimum absolute atomic E-state index is 0.0626. The SMILES string of the molecule is CC(C)(O)c1n[nH]c(CNS(=O)(=O)c2cccc3cnccc23)n1. The van der Waals surface area contributed by atoms with E-state index in [1.165, 1.54) is 6.07 Å². The number of nitrogens with zero attached hydrogens (tertiary/aromatic N) is 3. The van der Waals surface area contributed by atoms with E-state index >= 15 is 0 Å². The van der Waals surface area contributed by atoms with Gasteiger partial charge < -0.3 is 5.11 Å². The van der Waals surface area contributed by atoms with Crippen LogP contribution in [0.25, 0.3) is 10.8 Å². The minimum atomic E-state index is -3.74. The number of rotatable bonds is 5. The summed E-state index contributed by atoms with van der Waals surface area (Å²) in [5.41, 5.74) is -1.20. The predicted octanol–water partition coefficient (Wildman–Crippen LogP) is 1.06. The molecule has 0 radical (unpaired) electrons. The van der Waals surface area contributed by atoms with Crippen molar-refractivity contribution >= 4 is 20.8 Å². The van der Waals surface area contributed by atoms with Gasteiger partial charge in [-0.3, -0.25) is 10.1 Å². The summed E-state index contributed by atoms with van der Waals surface area (Å²) in [5, 5.41) is 17.7. The molecule has 0 aliphatic carbocycles. The minimum Gasteiger partial charge on any atom is -0.382 e. The third-order valence-electron chi connectivity index (χ3n) is 3.44. The van der Waals surface area contributed by atoms with Crippen molar-refractivity contribution in [2.75, 3.05) is 0 Å². The van der Waals surface area contributed by atoms with E-state index in [9.17, 15) is 13.5 Å². The average Bonchev–Trinajstić information content (AvgIpc) is 3.02. The number of benzene rings is 1. The Kier molecular flexibility index (Phi) is 4.08. The highest BCUT2D eigenvalue weighted by molar-refractivity contribution is 7.89. The molecule has 0 unspecified atom stereocenters. The second-order valence-electron chi connectivity index (χ2n) is 5.84. The topological polar surface area (TPSA) is 121 Å². The maximum absolute atomic E-state index is 12.6. The summed E-state index contributed by atoms with van der Waals surface area (Å²) in [5.74, 6) is 0.519. The lowest BCUT2D eigenvalue weighted by atomic mass is 10.1. The van der Waals surface area contributed by atoms with E-state index < -0.39 is 15.6 Å². The molecule has 0 amide bonds. The number of fused-ring (bicyclic) bond motifs is 1. The maximum Gasteiger partial charge on any atom is 0.241 e. The van der Waals surface area contributed by atoms with Crippen LogP contribution in [0.1, 0.15) is 25.5 Å². The number of nitrogens with one attached hydrogen (secondary N) is 2. The first-order valence-electron chi connectivity index (χ1n) is 7.24. The molecule has 3 aromatic rings. The summed E-state index contributed by atoms with van der Waals surface area (Å²) in [4.78, 5) is 8.25. The van der Waals surface area contributed by atoms with Crippen LogP contribution in [0.15, 0.2) is 41.6 Å². The summed E-state index contributed by atoms with van der Waals surface area (Å²) < 4.78 is 27.6. The van der Waals surface area contributed by atoms with Crippen LogP contribution in [0.4, 0.5) is 0 Å². The zero-order valence-electron chi connectivity index (χ0n) is 13.2. The number of aromatic amines is 1. The van der Waals surface area contributed by atoms with Gasteiger partial charge in [0.2, 0.25) is 10.0 Å². The molecular formula is C15H17N5O3S. The Bertz CT molecular complexity index is 971. The van der Waals surface area contributed by atoms with Gasteiger partial charge in [0.15, 0.2) is 5.82 Å². The molecule has 2 heterocycles. The molecule has 8 nitrogen and oxygen atoms in total. The molecule has 0 saturated heterocycles. The van der Waals surface area contributed by atoms with Crippen LogP contribution in [0.5, 0.6) is 0 Å². The Hall–Kier alpha value is -2.36. The summed E-state index contributed by atoms with van der Waals surface area (Å²) in [6.07, 6.45) is 3.16. The maximum atomic E-state index is 12.6. The van der Waals surface area contributed by atoms with Gasteiger partial charge >= 0.3 is 0 Å². The third-order valence-corrected chi connectivity index (χ3v) is 4.90. The van der Waals surface area contributed by atoms with Crippen LogP contribution in [-0.4, -0.2) is 33.7 Å². The van der Waals surface area contributed by atoms with Crippen LogP contribution in [0, 0.1) is 0 Å². The average molecular weight is 347 g/mol. The quantitative estimate of drug-likeness (QED) is 0.634. The van der Waals surface area contributed by atoms with E-state index in [0.29, 0.717) is 11.2 Å². The van der Waals surface area contributed by atoms with E-state index in [0.717, 1.165) is 5.39 Å². The highest BCUT2D eigenvalue weighted by Gasteiger charge is 2.22. The van der Waals surface area contributed by atoms with Crippen LogP contribution < -0.4 is 4.72 Å². The summed E-state index contributed by atoms with van der Waals surface area (Å²) in [7, 11) is -3.74. The lowest BCUT2D eigenvalue weighted by molar-refractivity contribution is 0.0690. The van der Waals surface area contributed by atoms with Crippen molar-refractivity contribution in [2.45, 2.75) is 30.9 Å². The highest BCUT2D eigenvalue weighted by atomic mass is 32.2. The fraction of sp³-hybridized carbons (Fsp3) is 0.267. The largest absolute Gasteiger partial charge is 0.382 e. The zero-order chi connectivity index (χ0) is 17.4. The van der Waals surface area contributed by atoms with Gasteiger partial charge in [0, 0.05) is 23.2 Å². The number of pyridine rings is 1. The normalized spacial score (nSPS) is 12.6. The first kappa shape index (κ1) is 16.5. The van der Waals surface area contributed by atoms with Gasteiger partial charge in [-0.2, -0.15) is 5.10 Å². The molecule has 9 heteroatoms. The van der Waals surface area contributed by atoms with E-state index in [1.54, 1.807) is 44.4 Å². The van der Waals surface area contributed by atoms with Crippen molar-refractivity contribution < 1.29 is 13.5 Å². The molecule has 3 N–H and O–H groups in total. The Morgan fingerprint density at radius 1 is 1.29 bits per heavy atom. The lowest BCUT2D eigenvalue weighted by Gasteiger charge is -2.11. The molecule has 1 aromatic carbocycles. The molecular weight excluding hydrogens is 330 g/mol. The van der Waals surface area contributed by atoms with Crippen molar-refractivity contribution in [2.24, 2.45) is 0 Å². The third kappa shape index (κ3) is 3.28. The standard InChI is InChI=1S/C15H17N5O3S/c1-15(2,21)14-18-13(19-20-14)9-17-24(22,23)12-5-3-4-10-8-16-7-6-11(10)12/h3-8,17,21H,9H2,1-2H3,(H,18,19,20). The molecule has 0 aliphatic rings. The fourth-order valence-corrected chi connectivity index (χ4v) is 3.43. The van der Waals surface area contributed by atoms with Gasteiger partial charge in [0.05, 0.1) is 11.4 Å². The molecule has 126 valence electrons. The van der Waals surface area contributed by atoms with Crippen molar-refractivity contribution in [3.8, 4) is 0 Å². The Morgan fingerprint density at radius 3 is 2.79 bits per heavy atom. The number of hydrogen-bond donors (Lipinski definition) is 3. The Balaban J connectivity index is 1.85. The van der Waals surface area contributed by atoms with Crippen molar-refractivity contribution in [1.82, 2.24) is 24.9 Å². The number of H-pyrrole nitrogens is 1. The van der Waals surface area contributed by atoms with Crippen LogP contribution in [0.2, 0.25) is 0 Å². The van der Waals surface area contributed by atoms with E-state index in [1.807, 2.05) is 0 Å². The summed E-state index contributed by atoms with van der Waals surface area (Å²) in [6.45, 7) is 3.04. The number of aliphatic hydroxyl groups is 1. The molecule has 0 bridgehead atoms. The first-order chi connectivity index (χ1) is 11.3. The van der Waals surface area contributed by atoms with Gasteiger partial charge in [-0.1, -0.05) is 12.1 Å². The molecule has 0 spiro atoms. The highest BCUT2D eigenvalue weighted by Crippen LogP contribution is 2.22. The van der Waals surface area contributed by atoms with E-state index in [4.69, 9.17) is 0 Å². The smallest absolute Gasteiger partial charge is 0.241 e. The zero-order valence-corrected chi connectivity index (χ0v) is 14.0. The first-order valence-corrected chi connectivity index (χ1v) is 8.72. The molecule has 2 aromatic heterocycles. The summed E-state index contributed by atoms with van der Waals surface area (Å²) in [6, 6.07) is 6.66. The van der Waals surface area contributed by atoms with Gasteiger partial charge in [0.1, 0.15) is 11.4 Å². The van der Waals surface area contributed by atoms with Crippen LogP contribution >= 0.6 is 0 Å². The van der Waals surface area contributed by atoms with Gasteiger partial charge in [0.25, 0.3) is 0 Å². The molecule has 3 rings (SSSR count). The van der Waals surface area contributed by atoms with Gasteiger partial charge in [-0.15, -0.1) is 0 Å². The van der Waals surface area contributed by atoms with Gasteiger partial charge in [-0.25, -0.2) is 18.1 Å². The summed E-state index contributed by atoms with van der Waals surface area (Å²) >= 11 is 0. The van der Waals surface area contributed by atoms with Crippen molar-refractivity contribution in [1.29, 1.82) is 0 Å². The molecule has 0 atom stereocenters. The second-order valence-corrected chi connectivity index (χ2v) is 7.58. The number of hydrogen-bond acceptors (Lipinski definition) is 6. The number of sulfonamides is 1. The van der Waals surface area contributed by atoms with Gasteiger partial charge in [-0.05, 0) is 26.0 Å². The van der Waals surface area contributed by atoms with Crippen molar-refractivity contribution in [3.63, 3.8) is 0 Å². The molecule has 0 fully saturated rings. The molecule has 24 heavy (non-hydrogen) atoms. The lowest BCUT2D eigenvalue weighted by Crippen LogP contribution is -2.24. The predicted molar refractivity (Wildman–Crippen MR) is 87.4 cm³/mol. The van der Waals surface area contributed by atoms with Crippen LogP contribution in [0.3, 0.4) is 0 Å². The van der Waals surface area contributed by atoms with E-state index in [-0.39, 0.29) is 17.3 Å². The fourth-order valence-electron chi connectivity index (χ4n) is 2.22. The van der Waals surface area contributed by atoms with Crippen LogP contribution in [-0.2, 0) is 22.2 Å². The van der Waals surface area contributed by atoms with Crippen molar-refractivity contribution in [3.05, 3.63) is 48.3 Å². The van der Waals surface area contributed by atoms with E-state index in [2.05, 4.69) is 24.9 Å². The second kappa shape index (κ2) is 5.93. The number of aromatic nitrogens is 4. The monoisotopic (exact) mass is 347 g/mol.